The van der Waals surface area contributed by atoms with Gasteiger partial charge in [-0.25, -0.2) is 0 Å². The lowest BCUT2D eigenvalue weighted by atomic mass is 10.1. The van der Waals surface area contributed by atoms with Crippen LogP contribution in [-0.4, -0.2) is 39.5 Å². The van der Waals surface area contributed by atoms with Crippen LogP contribution in [0, 0.1) is 13.8 Å². The van der Waals surface area contributed by atoms with Gasteiger partial charge >= 0.3 is 5.97 Å². The normalized spacial score (nSPS) is 12.1. The van der Waals surface area contributed by atoms with Crippen molar-refractivity contribution in [2.24, 2.45) is 5.73 Å². The van der Waals surface area contributed by atoms with E-state index in [4.69, 9.17) is 10.8 Å². The smallest absolute Gasteiger partial charge is 0.322 e. The number of aromatic amines is 2. The zero-order valence-electron chi connectivity index (χ0n) is 13.3. The molecule has 0 saturated heterocycles. The van der Waals surface area contributed by atoms with Crippen molar-refractivity contribution in [3.63, 3.8) is 0 Å². The van der Waals surface area contributed by atoms with Crippen molar-refractivity contribution in [2.45, 2.75) is 32.7 Å². The van der Waals surface area contributed by atoms with Crippen molar-refractivity contribution in [1.29, 1.82) is 0 Å². The number of carbonyl (C=O) groups is 2. The minimum Gasteiger partial charge on any atom is -0.480 e. The Hall–Kier alpha value is -2.54. The van der Waals surface area contributed by atoms with Gasteiger partial charge in [0.2, 0.25) is 5.91 Å². The molecule has 0 saturated carbocycles. The highest BCUT2D eigenvalue weighted by atomic mass is 16.4. The van der Waals surface area contributed by atoms with Crippen molar-refractivity contribution in [3.05, 3.63) is 46.5 Å². The summed E-state index contributed by atoms with van der Waals surface area (Å²) in [7, 11) is 0. The molecule has 7 heteroatoms. The number of aromatic nitrogens is 2. The molecule has 0 aliphatic heterocycles. The van der Waals surface area contributed by atoms with Gasteiger partial charge in [-0.15, -0.1) is 0 Å². The molecule has 0 aliphatic rings. The van der Waals surface area contributed by atoms with Crippen molar-refractivity contribution in [1.82, 2.24) is 15.3 Å². The summed E-state index contributed by atoms with van der Waals surface area (Å²) in [5.74, 6) is -1.38. The van der Waals surface area contributed by atoms with Crippen LogP contribution in [0.25, 0.3) is 0 Å². The van der Waals surface area contributed by atoms with E-state index in [-0.39, 0.29) is 18.9 Å². The summed E-state index contributed by atoms with van der Waals surface area (Å²) >= 11 is 0. The van der Waals surface area contributed by atoms with Crippen LogP contribution in [0.5, 0.6) is 0 Å². The fraction of sp³-hybridized carbons (Fsp3) is 0.375. The number of carbonyl (C=O) groups excluding carboxylic acids is 1. The molecule has 1 atom stereocenters. The molecular weight excluding hydrogens is 296 g/mol. The molecule has 0 aliphatic carbocycles. The molecule has 0 bridgehead atoms. The molecule has 0 fully saturated rings. The number of carboxylic acids is 1. The number of aliphatic carboxylic acids is 1. The minimum atomic E-state index is -1.13. The second-order valence-corrected chi connectivity index (χ2v) is 5.75. The molecular formula is C16H22N4O3. The fourth-order valence-corrected chi connectivity index (χ4v) is 2.41. The lowest BCUT2D eigenvalue weighted by Crippen LogP contribution is -2.42. The number of nitrogens with two attached hydrogens (primary N) is 1. The fourth-order valence-electron chi connectivity index (χ4n) is 2.41. The Labute approximate surface area is 134 Å². The molecule has 1 unspecified atom stereocenters. The number of nitrogens with one attached hydrogen (secondary N) is 3. The van der Waals surface area contributed by atoms with Crippen molar-refractivity contribution < 1.29 is 14.7 Å². The molecule has 2 rings (SSSR count). The number of amides is 1. The van der Waals surface area contributed by atoms with Gasteiger partial charge in [-0.2, -0.15) is 0 Å². The zero-order chi connectivity index (χ0) is 17.0. The zero-order valence-corrected chi connectivity index (χ0v) is 13.3. The van der Waals surface area contributed by atoms with E-state index in [9.17, 15) is 9.59 Å². The number of H-pyrrole nitrogens is 2. The van der Waals surface area contributed by atoms with E-state index in [1.165, 1.54) is 5.56 Å². The number of hydrogen-bond donors (Lipinski definition) is 5. The Kier molecular flexibility index (Phi) is 5.23. The van der Waals surface area contributed by atoms with Gasteiger partial charge < -0.3 is 26.1 Å². The van der Waals surface area contributed by atoms with Gasteiger partial charge in [0.05, 0.1) is 6.42 Å². The number of hydrogen-bond acceptors (Lipinski definition) is 3. The number of rotatable bonds is 7. The Morgan fingerprint density at radius 1 is 1.35 bits per heavy atom. The van der Waals surface area contributed by atoms with Gasteiger partial charge in [-0.3, -0.25) is 9.59 Å². The summed E-state index contributed by atoms with van der Waals surface area (Å²) in [6.45, 7) is 4.00. The van der Waals surface area contributed by atoms with Crippen LogP contribution >= 0.6 is 0 Å². The van der Waals surface area contributed by atoms with Crippen LogP contribution in [0.3, 0.4) is 0 Å². The first-order chi connectivity index (χ1) is 10.8. The first-order valence-corrected chi connectivity index (χ1v) is 7.41. The van der Waals surface area contributed by atoms with E-state index in [1.54, 1.807) is 6.20 Å². The van der Waals surface area contributed by atoms with Gasteiger partial charge in [-0.05, 0) is 37.1 Å². The lowest BCUT2D eigenvalue weighted by molar-refractivity contribution is -0.138. The lowest BCUT2D eigenvalue weighted by Gasteiger charge is -2.07. The van der Waals surface area contributed by atoms with Gasteiger partial charge in [-0.1, -0.05) is 0 Å². The Balaban J connectivity index is 1.88. The molecule has 124 valence electrons. The van der Waals surface area contributed by atoms with Gasteiger partial charge in [0.15, 0.2) is 0 Å². The first kappa shape index (κ1) is 16.8. The number of carboxylic acid groups (broad SMARTS) is 1. The molecule has 2 aromatic rings. The summed E-state index contributed by atoms with van der Waals surface area (Å²) in [5, 5.41) is 11.2. The third kappa shape index (κ3) is 4.72. The SMILES string of the molecule is Cc1cc(C)c(Cc2cc(CC(=O)NCC(N)C(=O)O)c[nH]2)[nH]1. The maximum absolute atomic E-state index is 11.8. The second-order valence-electron chi connectivity index (χ2n) is 5.75. The highest BCUT2D eigenvalue weighted by Crippen LogP contribution is 2.14. The van der Waals surface area contributed by atoms with Crippen LogP contribution in [-0.2, 0) is 22.4 Å². The third-order valence-electron chi connectivity index (χ3n) is 3.63. The van der Waals surface area contributed by atoms with E-state index < -0.39 is 12.0 Å². The van der Waals surface area contributed by atoms with Gasteiger partial charge in [0.1, 0.15) is 6.04 Å². The monoisotopic (exact) mass is 318 g/mol. The minimum absolute atomic E-state index is 0.0770. The Morgan fingerprint density at radius 2 is 2.09 bits per heavy atom. The topological polar surface area (TPSA) is 124 Å². The quantitative estimate of drug-likeness (QED) is 0.513. The van der Waals surface area contributed by atoms with Crippen LogP contribution in [0.15, 0.2) is 18.3 Å². The van der Waals surface area contributed by atoms with E-state index in [0.717, 1.165) is 29.1 Å². The average Bonchev–Trinajstić information content (AvgIpc) is 3.03. The van der Waals surface area contributed by atoms with Gasteiger partial charge in [0.25, 0.3) is 0 Å². The van der Waals surface area contributed by atoms with Gasteiger partial charge in [0, 0.05) is 36.2 Å². The number of aryl methyl sites for hydroxylation is 2. The van der Waals surface area contributed by atoms with Crippen LogP contribution in [0.2, 0.25) is 0 Å². The molecule has 1 amide bonds. The predicted molar refractivity (Wildman–Crippen MR) is 86.2 cm³/mol. The Morgan fingerprint density at radius 3 is 2.70 bits per heavy atom. The molecule has 23 heavy (non-hydrogen) atoms. The molecule has 0 radical (unpaired) electrons. The maximum Gasteiger partial charge on any atom is 0.322 e. The Bertz CT molecular complexity index is 702. The summed E-state index contributed by atoms with van der Waals surface area (Å²) in [5.41, 5.74) is 10.7. The summed E-state index contributed by atoms with van der Waals surface area (Å²) in [4.78, 5) is 28.9. The maximum atomic E-state index is 11.8. The van der Waals surface area contributed by atoms with Crippen LogP contribution < -0.4 is 11.1 Å². The van der Waals surface area contributed by atoms with E-state index >= 15 is 0 Å². The largest absolute Gasteiger partial charge is 0.480 e. The van der Waals surface area contributed by atoms with Crippen molar-refractivity contribution in [3.8, 4) is 0 Å². The molecule has 7 nitrogen and oxygen atoms in total. The summed E-state index contributed by atoms with van der Waals surface area (Å²) < 4.78 is 0. The predicted octanol–water partition coefficient (Wildman–Crippen LogP) is 0.621. The molecule has 2 heterocycles. The van der Waals surface area contributed by atoms with Crippen molar-refractivity contribution >= 4 is 11.9 Å². The second kappa shape index (κ2) is 7.15. The molecule has 6 N–H and O–H groups in total. The highest BCUT2D eigenvalue weighted by Gasteiger charge is 2.13. The van der Waals surface area contributed by atoms with E-state index in [0.29, 0.717) is 0 Å². The summed E-state index contributed by atoms with van der Waals surface area (Å²) in [6.07, 6.45) is 2.72. The van der Waals surface area contributed by atoms with Crippen molar-refractivity contribution in [2.75, 3.05) is 6.54 Å². The molecule has 0 spiro atoms. The van der Waals surface area contributed by atoms with Crippen LogP contribution in [0.1, 0.15) is 28.2 Å². The van der Waals surface area contributed by atoms with E-state index in [2.05, 4.69) is 28.3 Å². The van der Waals surface area contributed by atoms with E-state index in [1.807, 2.05) is 13.0 Å². The standard InChI is InChI=1S/C16H22N4O3/c1-9-3-10(2)20-14(9)6-12-4-11(7-18-12)5-15(21)19-8-13(17)16(22)23/h3-4,7,13,18,20H,5-6,8,17H2,1-2H3,(H,19,21)(H,22,23). The third-order valence-corrected chi connectivity index (χ3v) is 3.63. The average molecular weight is 318 g/mol. The van der Waals surface area contributed by atoms with Crippen LogP contribution in [0.4, 0.5) is 0 Å². The summed E-state index contributed by atoms with van der Waals surface area (Å²) in [6, 6.07) is 2.95. The molecule has 0 aromatic carbocycles. The first-order valence-electron chi connectivity index (χ1n) is 7.41. The molecule has 2 aromatic heterocycles. The highest BCUT2D eigenvalue weighted by molar-refractivity contribution is 5.80.